The molecule has 0 radical (unpaired) electrons. The number of piperidine rings is 1. The Kier molecular flexibility index (Phi) is 6.35. The van der Waals surface area contributed by atoms with Crippen LogP contribution in [0, 0.1) is 13.8 Å². The van der Waals surface area contributed by atoms with Crippen LogP contribution in [-0.2, 0) is 0 Å². The summed E-state index contributed by atoms with van der Waals surface area (Å²) in [6.07, 6.45) is 5.09. The number of aryl methyl sites for hydroxylation is 2. The lowest BCUT2D eigenvalue weighted by atomic mass is 9.93. The number of likely N-dealkylation sites (tertiary alicyclic amines) is 1. The fraction of sp³-hybridized carbons (Fsp3) is 0.360. The number of aromatic nitrogens is 3. The molecule has 1 aliphatic rings. The van der Waals surface area contributed by atoms with Crippen molar-refractivity contribution >= 4 is 11.6 Å². The molecule has 1 amide bonds. The minimum absolute atomic E-state index is 0.0766. The number of hydrogen-bond donors (Lipinski definition) is 0. The molecule has 166 valence electrons. The van der Waals surface area contributed by atoms with Gasteiger partial charge in [0, 0.05) is 68.5 Å². The van der Waals surface area contributed by atoms with Crippen LogP contribution in [0.3, 0.4) is 0 Å². The van der Waals surface area contributed by atoms with E-state index in [0.29, 0.717) is 12.2 Å². The lowest BCUT2D eigenvalue weighted by Gasteiger charge is -2.32. The van der Waals surface area contributed by atoms with Crippen molar-refractivity contribution in [2.45, 2.75) is 32.6 Å². The molecule has 1 saturated heterocycles. The summed E-state index contributed by atoms with van der Waals surface area (Å²) in [5, 5.41) is 0. The van der Waals surface area contributed by atoms with Crippen molar-refractivity contribution < 1.29 is 9.53 Å². The van der Waals surface area contributed by atoms with Crippen molar-refractivity contribution in [1.82, 2.24) is 19.9 Å². The predicted octanol–water partition coefficient (Wildman–Crippen LogP) is 4.37. The monoisotopic (exact) mass is 431 g/mol. The van der Waals surface area contributed by atoms with E-state index in [1.807, 2.05) is 69.2 Å². The number of benzene rings is 1. The molecule has 2 aromatic heterocycles. The first kappa shape index (κ1) is 21.7. The molecule has 4 rings (SSSR count). The number of hydrogen-bond acceptors (Lipinski definition) is 6. The highest BCUT2D eigenvalue weighted by Gasteiger charge is 2.27. The van der Waals surface area contributed by atoms with Crippen LogP contribution in [-0.4, -0.2) is 52.9 Å². The molecule has 1 aliphatic heterocycles. The summed E-state index contributed by atoms with van der Waals surface area (Å²) in [6.45, 7) is 5.16. The maximum Gasteiger partial charge on any atom is 0.274 e. The third-order valence-electron chi connectivity index (χ3n) is 5.66. The van der Waals surface area contributed by atoms with Crippen molar-refractivity contribution in [2.75, 3.05) is 32.1 Å². The van der Waals surface area contributed by atoms with E-state index in [1.165, 1.54) is 0 Å². The van der Waals surface area contributed by atoms with Crippen molar-refractivity contribution in [3.63, 3.8) is 0 Å². The first-order valence-corrected chi connectivity index (χ1v) is 10.9. The fourth-order valence-corrected chi connectivity index (χ4v) is 3.95. The van der Waals surface area contributed by atoms with E-state index >= 15 is 0 Å². The Morgan fingerprint density at radius 2 is 1.81 bits per heavy atom. The van der Waals surface area contributed by atoms with Crippen LogP contribution in [0.15, 0.2) is 48.8 Å². The number of pyridine rings is 1. The van der Waals surface area contributed by atoms with Gasteiger partial charge in [-0.2, -0.15) is 0 Å². The number of carbonyl (C=O) groups excluding carboxylic acids is 1. The molecule has 0 bridgehead atoms. The minimum Gasteiger partial charge on any atom is -0.457 e. The van der Waals surface area contributed by atoms with E-state index in [2.05, 4.69) is 14.9 Å². The fourth-order valence-electron chi connectivity index (χ4n) is 3.95. The molecule has 7 nitrogen and oxygen atoms in total. The van der Waals surface area contributed by atoms with Crippen LogP contribution >= 0.6 is 0 Å². The van der Waals surface area contributed by atoms with Crippen LogP contribution in [0.5, 0.6) is 11.5 Å². The molecule has 0 aliphatic carbocycles. The van der Waals surface area contributed by atoms with Crippen molar-refractivity contribution in [1.29, 1.82) is 0 Å². The van der Waals surface area contributed by atoms with Gasteiger partial charge in [0.1, 0.15) is 17.2 Å². The summed E-state index contributed by atoms with van der Waals surface area (Å²) in [5.74, 6) is 1.63. The van der Waals surface area contributed by atoms with Gasteiger partial charge in [0.25, 0.3) is 5.91 Å². The number of ether oxygens (including phenoxy) is 1. The van der Waals surface area contributed by atoms with Crippen LogP contribution in [0.1, 0.15) is 46.3 Å². The highest BCUT2D eigenvalue weighted by Crippen LogP contribution is 2.31. The van der Waals surface area contributed by atoms with E-state index in [4.69, 9.17) is 9.72 Å². The van der Waals surface area contributed by atoms with E-state index in [0.717, 1.165) is 53.7 Å². The highest BCUT2D eigenvalue weighted by molar-refractivity contribution is 5.92. The van der Waals surface area contributed by atoms with Gasteiger partial charge in [-0.15, -0.1) is 0 Å². The van der Waals surface area contributed by atoms with Crippen LogP contribution in [0.25, 0.3) is 0 Å². The van der Waals surface area contributed by atoms with Gasteiger partial charge in [-0.3, -0.25) is 14.8 Å². The first-order valence-electron chi connectivity index (χ1n) is 10.9. The zero-order valence-electron chi connectivity index (χ0n) is 19.1. The van der Waals surface area contributed by atoms with E-state index < -0.39 is 0 Å². The quantitative estimate of drug-likeness (QED) is 0.598. The maximum absolute atomic E-state index is 12.9. The SMILES string of the molecule is Cc1cnc(C(=O)N2CCC[C@@H](c3cc(Oc4ccc(N(C)C)cc4)cc(C)n3)C2)cn1. The normalized spacial score (nSPS) is 16.0. The van der Waals surface area contributed by atoms with E-state index in [-0.39, 0.29) is 11.8 Å². The lowest BCUT2D eigenvalue weighted by molar-refractivity contribution is 0.0699. The molecule has 0 saturated carbocycles. The molecule has 3 heterocycles. The summed E-state index contributed by atoms with van der Waals surface area (Å²) in [6, 6.07) is 11.9. The Morgan fingerprint density at radius 3 is 2.50 bits per heavy atom. The van der Waals surface area contributed by atoms with E-state index in [9.17, 15) is 4.79 Å². The number of nitrogens with zero attached hydrogens (tertiary/aromatic N) is 5. The van der Waals surface area contributed by atoms with Crippen LogP contribution in [0.2, 0.25) is 0 Å². The maximum atomic E-state index is 12.9. The topological polar surface area (TPSA) is 71.5 Å². The van der Waals surface area contributed by atoms with Gasteiger partial charge >= 0.3 is 0 Å². The van der Waals surface area contributed by atoms with Crippen molar-refractivity contribution in [3.8, 4) is 11.5 Å². The van der Waals surface area contributed by atoms with Crippen molar-refractivity contribution in [3.05, 3.63) is 71.6 Å². The van der Waals surface area contributed by atoms with Gasteiger partial charge in [-0.1, -0.05) is 0 Å². The van der Waals surface area contributed by atoms with Crippen LogP contribution in [0.4, 0.5) is 5.69 Å². The van der Waals surface area contributed by atoms with E-state index in [1.54, 1.807) is 12.4 Å². The standard InChI is InChI=1S/C25H29N5O2/c1-17-12-22(32-21-9-7-20(8-10-21)29(3)4)13-23(28-17)19-6-5-11-30(16-19)25(31)24-15-26-18(2)14-27-24/h7-10,12-15,19H,5-6,11,16H2,1-4H3/t19-/m1/s1. The summed E-state index contributed by atoms with van der Waals surface area (Å²) in [4.78, 5) is 30.0. The predicted molar refractivity (Wildman–Crippen MR) is 124 cm³/mol. The van der Waals surface area contributed by atoms with Gasteiger partial charge in [-0.25, -0.2) is 4.98 Å². The van der Waals surface area contributed by atoms with Gasteiger partial charge < -0.3 is 14.5 Å². The molecule has 7 heteroatoms. The average Bonchev–Trinajstić information content (AvgIpc) is 2.79. The Labute approximate surface area is 189 Å². The summed E-state index contributed by atoms with van der Waals surface area (Å²) in [5.41, 5.74) is 4.16. The molecule has 32 heavy (non-hydrogen) atoms. The molecule has 1 fully saturated rings. The van der Waals surface area contributed by atoms with Gasteiger partial charge in [0.05, 0.1) is 11.9 Å². The van der Waals surface area contributed by atoms with Crippen LogP contribution < -0.4 is 9.64 Å². The third-order valence-corrected chi connectivity index (χ3v) is 5.66. The van der Waals surface area contributed by atoms with Gasteiger partial charge in [0.2, 0.25) is 0 Å². The molecule has 3 aromatic rings. The third kappa shape index (κ3) is 5.04. The molecular weight excluding hydrogens is 402 g/mol. The molecule has 0 unspecified atom stereocenters. The summed E-state index contributed by atoms with van der Waals surface area (Å²) in [7, 11) is 4.02. The number of anilines is 1. The zero-order chi connectivity index (χ0) is 22.7. The second-order valence-electron chi connectivity index (χ2n) is 8.49. The van der Waals surface area contributed by atoms with Crippen molar-refractivity contribution in [2.24, 2.45) is 0 Å². The van der Waals surface area contributed by atoms with Gasteiger partial charge in [-0.05, 0) is 51.0 Å². The highest BCUT2D eigenvalue weighted by atomic mass is 16.5. The molecule has 0 N–H and O–H groups in total. The molecule has 0 spiro atoms. The summed E-state index contributed by atoms with van der Waals surface area (Å²) < 4.78 is 6.12. The summed E-state index contributed by atoms with van der Waals surface area (Å²) >= 11 is 0. The number of carbonyl (C=O) groups is 1. The number of rotatable bonds is 5. The lowest BCUT2D eigenvalue weighted by Crippen LogP contribution is -2.39. The largest absolute Gasteiger partial charge is 0.457 e. The second-order valence-corrected chi connectivity index (χ2v) is 8.49. The Bertz CT molecular complexity index is 1080. The first-order chi connectivity index (χ1) is 15.4. The average molecular weight is 432 g/mol. The second kappa shape index (κ2) is 9.34. The Hall–Kier alpha value is -3.48. The Morgan fingerprint density at radius 1 is 1.03 bits per heavy atom. The smallest absolute Gasteiger partial charge is 0.274 e. The Balaban J connectivity index is 1.49. The van der Waals surface area contributed by atoms with Gasteiger partial charge in [0.15, 0.2) is 0 Å². The molecule has 1 aromatic carbocycles. The molecule has 1 atom stereocenters. The zero-order valence-corrected chi connectivity index (χ0v) is 19.1. The number of amides is 1. The minimum atomic E-state index is -0.0766. The molecular formula is C25H29N5O2.